The number of benzene rings is 4. The van der Waals surface area contributed by atoms with Gasteiger partial charge in [0.1, 0.15) is 18.2 Å². The van der Waals surface area contributed by atoms with E-state index in [0.29, 0.717) is 30.3 Å². The number of rotatable bonds is 5. The number of nitrogens with zero attached hydrogens (tertiary/aromatic N) is 1. The Bertz CT molecular complexity index is 1510. The molecule has 0 atom stereocenters. The largest absolute Gasteiger partial charge is 0.478 e. The number of halogens is 1. The van der Waals surface area contributed by atoms with E-state index in [1.165, 1.54) is 0 Å². The van der Waals surface area contributed by atoms with Gasteiger partial charge in [0.2, 0.25) is 5.78 Å². The molecule has 4 aromatic rings. The Hall–Kier alpha value is -3.86. The number of fused-ring (bicyclic) bond motifs is 3. The van der Waals surface area contributed by atoms with Gasteiger partial charge in [-0.15, -0.1) is 0 Å². The number of Topliss-reactive ketones (excluding diaryl/α,β-unsaturated/α-hetero) is 1. The summed E-state index contributed by atoms with van der Waals surface area (Å²) in [5, 5.41) is 0.776. The summed E-state index contributed by atoms with van der Waals surface area (Å²) in [7, 11) is 0. The van der Waals surface area contributed by atoms with Gasteiger partial charge in [0, 0.05) is 18.1 Å². The zero-order valence-electron chi connectivity index (χ0n) is 20.5. The van der Waals surface area contributed by atoms with Crippen molar-refractivity contribution in [1.82, 2.24) is 4.90 Å². The summed E-state index contributed by atoms with van der Waals surface area (Å²) in [5.41, 5.74) is 6.72. The maximum atomic E-state index is 13.4. The van der Waals surface area contributed by atoms with Crippen LogP contribution in [0.5, 0.6) is 11.5 Å². The number of allylic oxidation sites excluding steroid dienone is 1. The van der Waals surface area contributed by atoms with Crippen molar-refractivity contribution in [3.8, 4) is 22.6 Å². The summed E-state index contributed by atoms with van der Waals surface area (Å²) >= 11 is 6.34. The number of carbonyl (C=O) groups excluding carboxylic acids is 1. The van der Waals surface area contributed by atoms with Gasteiger partial charge in [-0.25, -0.2) is 0 Å². The molecule has 0 fully saturated rings. The molecule has 0 saturated heterocycles. The lowest BCUT2D eigenvalue weighted by Crippen LogP contribution is -2.34. The standard InChI is InChI=1S/C32H26ClNO3/c1-21-17-28-26(19-34(20-36-28)16-15-25-9-5-6-10-27(25)33)32-30(21)31(35)29(37-32)18-22-11-13-24(14-12-22)23-7-3-2-4-8-23/h2-14,17-18H,15-16,19-20H2,1H3/b29-18-. The molecule has 5 heteroatoms. The van der Waals surface area contributed by atoms with Crippen molar-refractivity contribution in [3.63, 3.8) is 0 Å². The van der Waals surface area contributed by atoms with Crippen LogP contribution in [0.3, 0.4) is 0 Å². The fourth-order valence-corrected chi connectivity index (χ4v) is 5.18. The van der Waals surface area contributed by atoms with Gasteiger partial charge in [-0.3, -0.25) is 9.69 Å². The molecule has 0 N–H and O–H groups in total. The Morgan fingerprint density at radius 1 is 0.946 bits per heavy atom. The van der Waals surface area contributed by atoms with Gasteiger partial charge in [0.25, 0.3) is 0 Å². The van der Waals surface area contributed by atoms with E-state index in [9.17, 15) is 4.79 Å². The van der Waals surface area contributed by atoms with Crippen LogP contribution < -0.4 is 9.47 Å². The maximum absolute atomic E-state index is 13.4. The molecule has 0 amide bonds. The van der Waals surface area contributed by atoms with E-state index in [-0.39, 0.29) is 5.78 Å². The van der Waals surface area contributed by atoms with E-state index >= 15 is 0 Å². The number of hydrogen-bond donors (Lipinski definition) is 0. The Morgan fingerprint density at radius 3 is 2.46 bits per heavy atom. The lowest BCUT2D eigenvalue weighted by Gasteiger charge is -2.30. The summed E-state index contributed by atoms with van der Waals surface area (Å²) < 4.78 is 12.3. The van der Waals surface area contributed by atoms with Crippen molar-refractivity contribution in [2.45, 2.75) is 19.9 Å². The van der Waals surface area contributed by atoms with E-state index in [2.05, 4.69) is 29.2 Å². The second-order valence-electron chi connectivity index (χ2n) is 9.47. The minimum Gasteiger partial charge on any atom is -0.478 e. The first-order valence-electron chi connectivity index (χ1n) is 12.4. The summed E-state index contributed by atoms with van der Waals surface area (Å²) in [4.78, 5) is 15.6. The molecule has 2 heterocycles. The van der Waals surface area contributed by atoms with Gasteiger partial charge in [-0.05, 0) is 59.4 Å². The van der Waals surface area contributed by atoms with E-state index in [0.717, 1.165) is 57.1 Å². The van der Waals surface area contributed by atoms with Crippen molar-refractivity contribution in [1.29, 1.82) is 0 Å². The van der Waals surface area contributed by atoms with Crippen LogP contribution in [0.2, 0.25) is 5.02 Å². The Labute approximate surface area is 221 Å². The Kier molecular flexibility index (Phi) is 6.29. The van der Waals surface area contributed by atoms with Crippen LogP contribution >= 0.6 is 11.6 Å². The van der Waals surface area contributed by atoms with E-state index in [1.807, 2.05) is 73.7 Å². The molecule has 4 aromatic carbocycles. The zero-order chi connectivity index (χ0) is 25.4. The minimum atomic E-state index is -0.0874. The topological polar surface area (TPSA) is 38.8 Å². The molecule has 0 aromatic heterocycles. The third kappa shape index (κ3) is 4.66. The first-order valence-corrected chi connectivity index (χ1v) is 12.8. The zero-order valence-corrected chi connectivity index (χ0v) is 21.3. The smallest absolute Gasteiger partial charge is 0.232 e. The number of carbonyl (C=O) groups is 1. The van der Waals surface area contributed by atoms with Crippen LogP contribution in [-0.4, -0.2) is 24.0 Å². The second kappa shape index (κ2) is 9.89. The van der Waals surface area contributed by atoms with Crippen LogP contribution in [-0.2, 0) is 13.0 Å². The first kappa shape index (κ1) is 23.5. The predicted molar refractivity (Wildman–Crippen MR) is 147 cm³/mol. The van der Waals surface area contributed by atoms with Gasteiger partial charge in [0.15, 0.2) is 5.76 Å². The predicted octanol–water partition coefficient (Wildman–Crippen LogP) is 7.33. The van der Waals surface area contributed by atoms with Crippen molar-refractivity contribution in [3.05, 3.63) is 124 Å². The van der Waals surface area contributed by atoms with Crippen LogP contribution in [0.4, 0.5) is 0 Å². The molecule has 6 rings (SSSR count). The Balaban J connectivity index is 1.23. The van der Waals surface area contributed by atoms with E-state index in [1.54, 1.807) is 0 Å². The lowest BCUT2D eigenvalue weighted by atomic mass is 9.98. The van der Waals surface area contributed by atoms with Crippen molar-refractivity contribution in [2.24, 2.45) is 0 Å². The van der Waals surface area contributed by atoms with Gasteiger partial charge < -0.3 is 9.47 Å². The fourth-order valence-electron chi connectivity index (χ4n) is 4.95. The van der Waals surface area contributed by atoms with Gasteiger partial charge in [-0.2, -0.15) is 0 Å². The molecule has 37 heavy (non-hydrogen) atoms. The number of ketones is 1. The fraction of sp³-hybridized carbons (Fsp3) is 0.156. The van der Waals surface area contributed by atoms with Gasteiger partial charge in [-0.1, -0.05) is 84.4 Å². The van der Waals surface area contributed by atoms with Gasteiger partial charge in [0.05, 0.1) is 11.1 Å². The maximum Gasteiger partial charge on any atom is 0.232 e. The highest BCUT2D eigenvalue weighted by Gasteiger charge is 2.35. The highest BCUT2D eigenvalue weighted by atomic mass is 35.5. The number of hydrogen-bond acceptors (Lipinski definition) is 4. The second-order valence-corrected chi connectivity index (χ2v) is 9.88. The quantitative estimate of drug-likeness (QED) is 0.265. The molecule has 0 aliphatic carbocycles. The molecule has 2 aliphatic heterocycles. The molecule has 0 bridgehead atoms. The van der Waals surface area contributed by atoms with Crippen LogP contribution in [0.25, 0.3) is 17.2 Å². The summed E-state index contributed by atoms with van der Waals surface area (Å²) in [5.74, 6) is 1.66. The lowest BCUT2D eigenvalue weighted by molar-refractivity contribution is 0.0949. The molecule has 0 radical (unpaired) electrons. The van der Waals surface area contributed by atoms with E-state index in [4.69, 9.17) is 21.1 Å². The average molecular weight is 508 g/mol. The normalized spacial score (nSPS) is 15.7. The number of aryl methyl sites for hydroxylation is 1. The summed E-state index contributed by atoms with van der Waals surface area (Å²) in [6.45, 7) is 3.86. The third-order valence-electron chi connectivity index (χ3n) is 6.96. The Morgan fingerprint density at radius 2 is 1.68 bits per heavy atom. The molecule has 0 saturated carbocycles. The molecular weight excluding hydrogens is 482 g/mol. The molecule has 0 spiro atoms. The molecule has 2 aliphatic rings. The minimum absolute atomic E-state index is 0.0874. The van der Waals surface area contributed by atoms with Crippen molar-refractivity contribution < 1.29 is 14.3 Å². The highest BCUT2D eigenvalue weighted by Crippen LogP contribution is 2.44. The molecule has 184 valence electrons. The van der Waals surface area contributed by atoms with Crippen molar-refractivity contribution in [2.75, 3.05) is 13.3 Å². The summed E-state index contributed by atoms with van der Waals surface area (Å²) in [6.07, 6.45) is 2.64. The van der Waals surface area contributed by atoms with Crippen LogP contribution in [0, 0.1) is 6.92 Å². The van der Waals surface area contributed by atoms with Gasteiger partial charge >= 0.3 is 0 Å². The average Bonchev–Trinajstić information content (AvgIpc) is 3.26. The van der Waals surface area contributed by atoms with Crippen LogP contribution in [0.1, 0.15) is 32.6 Å². The van der Waals surface area contributed by atoms with Crippen molar-refractivity contribution >= 4 is 23.5 Å². The summed E-state index contributed by atoms with van der Waals surface area (Å²) in [6, 6.07) is 28.2. The molecule has 0 unspecified atom stereocenters. The highest BCUT2D eigenvalue weighted by molar-refractivity contribution is 6.31. The molecular formula is C32H26ClNO3. The first-order chi connectivity index (χ1) is 18.1. The molecule has 4 nitrogen and oxygen atoms in total. The monoisotopic (exact) mass is 507 g/mol. The van der Waals surface area contributed by atoms with E-state index < -0.39 is 0 Å². The van der Waals surface area contributed by atoms with Crippen LogP contribution in [0.15, 0.2) is 90.7 Å². The SMILES string of the molecule is Cc1cc2c(c3c1C(=O)/C(=C/c1ccc(-c4ccccc4)cc1)O3)CN(CCc1ccccc1Cl)CO2. The number of ether oxygens (including phenoxy) is 2. The third-order valence-corrected chi connectivity index (χ3v) is 7.33.